The van der Waals surface area contributed by atoms with Crippen molar-refractivity contribution in [2.75, 3.05) is 0 Å². The Kier molecular flexibility index (Phi) is 2.85. The first-order valence-corrected chi connectivity index (χ1v) is 1.97. The van der Waals surface area contributed by atoms with Crippen LogP contribution in [0.15, 0.2) is 17.6 Å². The minimum Gasteiger partial charge on any atom is -0.287 e. The number of aliphatic imine (C=N–C) groups is 1. The fraction of sp³-hybridized carbons (Fsp3) is 0.200. The van der Waals surface area contributed by atoms with Crippen LogP contribution in [0, 0.1) is 5.41 Å². The Balaban J connectivity index is 3.46. The summed E-state index contributed by atoms with van der Waals surface area (Å²) < 4.78 is 0. The molecule has 0 aromatic carbocycles. The molecule has 0 saturated carbocycles. The number of amidine groups is 1. The van der Waals surface area contributed by atoms with Crippen molar-refractivity contribution in [1.82, 2.24) is 0 Å². The third-order valence-electron chi connectivity index (χ3n) is 0.374. The summed E-state index contributed by atoms with van der Waals surface area (Å²) in [7, 11) is 0. The molecule has 0 amide bonds. The van der Waals surface area contributed by atoms with Gasteiger partial charge in [0.25, 0.3) is 0 Å². The monoisotopic (exact) mass is 96.1 g/mol. The fourth-order valence-electron chi connectivity index (χ4n) is 0.165. The van der Waals surface area contributed by atoms with Crippen molar-refractivity contribution in [3.63, 3.8) is 0 Å². The maximum Gasteiger partial charge on any atom is 0.117 e. The normalized spacial score (nSPS) is 9.29. The van der Waals surface area contributed by atoms with Gasteiger partial charge in [0.15, 0.2) is 0 Å². The van der Waals surface area contributed by atoms with Crippen LogP contribution < -0.4 is 0 Å². The summed E-state index contributed by atoms with van der Waals surface area (Å²) in [6, 6.07) is 0. The first-order chi connectivity index (χ1) is 3.27. The molecule has 0 atom stereocenters. The molecule has 2 nitrogen and oxygen atoms in total. The van der Waals surface area contributed by atoms with Crippen molar-refractivity contribution in [2.24, 2.45) is 4.99 Å². The van der Waals surface area contributed by atoms with E-state index in [0.29, 0.717) is 5.84 Å². The third-order valence-corrected chi connectivity index (χ3v) is 0.374. The van der Waals surface area contributed by atoms with Gasteiger partial charge in [0.1, 0.15) is 5.84 Å². The smallest absolute Gasteiger partial charge is 0.117 e. The van der Waals surface area contributed by atoms with Crippen LogP contribution in [0.25, 0.3) is 0 Å². The number of nitrogens with one attached hydrogen (secondary N) is 1. The molecule has 0 spiro atoms. The average molecular weight is 96.1 g/mol. The van der Waals surface area contributed by atoms with Gasteiger partial charge in [-0.05, 0) is 6.92 Å². The Hall–Kier alpha value is -0.920. The topological polar surface area (TPSA) is 36.2 Å². The van der Waals surface area contributed by atoms with Gasteiger partial charge in [-0.1, -0.05) is 12.7 Å². The molecule has 0 fully saturated rings. The van der Waals surface area contributed by atoms with Gasteiger partial charge in [0.2, 0.25) is 0 Å². The van der Waals surface area contributed by atoms with Gasteiger partial charge in [-0.2, -0.15) is 0 Å². The Morgan fingerprint density at radius 2 is 2.43 bits per heavy atom. The zero-order valence-corrected chi connectivity index (χ0v) is 4.31. The predicted molar refractivity (Wildman–Crippen MR) is 32.1 cm³/mol. The molecule has 0 unspecified atom stereocenters. The van der Waals surface area contributed by atoms with Gasteiger partial charge in [-0.25, -0.2) is 4.99 Å². The maximum atomic E-state index is 6.75. The number of hydrogen-bond donors (Lipinski definition) is 1. The van der Waals surface area contributed by atoms with Crippen molar-refractivity contribution < 1.29 is 0 Å². The fourth-order valence-corrected chi connectivity index (χ4v) is 0.165. The number of allylic oxidation sites excluding steroid dienone is 1. The molecule has 0 bridgehead atoms. The SMILES string of the molecule is C=CC=NC(C)=N. The minimum atomic E-state index is 0.305. The molecule has 7 heavy (non-hydrogen) atoms. The van der Waals surface area contributed by atoms with Gasteiger partial charge >= 0.3 is 0 Å². The lowest BCUT2D eigenvalue weighted by Crippen LogP contribution is -1.78. The van der Waals surface area contributed by atoms with Crippen LogP contribution in [0.1, 0.15) is 6.92 Å². The van der Waals surface area contributed by atoms with E-state index in [1.807, 2.05) is 0 Å². The largest absolute Gasteiger partial charge is 0.287 e. The Bertz CT molecular complexity index is 103. The summed E-state index contributed by atoms with van der Waals surface area (Å²) in [5, 5.41) is 6.75. The second-order valence-corrected chi connectivity index (χ2v) is 1.10. The second-order valence-electron chi connectivity index (χ2n) is 1.10. The summed E-state index contributed by atoms with van der Waals surface area (Å²) in [4.78, 5) is 3.58. The van der Waals surface area contributed by atoms with E-state index in [9.17, 15) is 0 Å². The van der Waals surface area contributed by atoms with E-state index >= 15 is 0 Å². The van der Waals surface area contributed by atoms with Crippen molar-refractivity contribution >= 4 is 12.1 Å². The standard InChI is InChI=1S/C5H8N2/c1-3-4-7-5(2)6/h3-4,6H,1H2,2H3. The molecule has 0 aliphatic heterocycles. The van der Waals surface area contributed by atoms with E-state index in [2.05, 4.69) is 11.6 Å². The van der Waals surface area contributed by atoms with Crippen LogP contribution in [-0.2, 0) is 0 Å². The lowest BCUT2D eigenvalue weighted by Gasteiger charge is -1.75. The molecule has 2 heteroatoms. The maximum absolute atomic E-state index is 6.75. The van der Waals surface area contributed by atoms with Crippen molar-refractivity contribution in [3.05, 3.63) is 12.7 Å². The highest BCUT2D eigenvalue weighted by molar-refractivity contribution is 5.88. The van der Waals surface area contributed by atoms with Crippen molar-refractivity contribution in [1.29, 1.82) is 5.41 Å². The van der Waals surface area contributed by atoms with Crippen LogP contribution in [-0.4, -0.2) is 12.1 Å². The van der Waals surface area contributed by atoms with Crippen LogP contribution >= 0.6 is 0 Å². The van der Waals surface area contributed by atoms with E-state index in [0.717, 1.165) is 0 Å². The Morgan fingerprint density at radius 3 is 2.57 bits per heavy atom. The second kappa shape index (κ2) is 3.28. The van der Waals surface area contributed by atoms with Gasteiger partial charge in [-0.3, -0.25) is 5.41 Å². The lowest BCUT2D eigenvalue weighted by molar-refractivity contribution is 1.42. The summed E-state index contributed by atoms with van der Waals surface area (Å²) in [6.45, 7) is 5.00. The van der Waals surface area contributed by atoms with Crippen molar-refractivity contribution in [3.8, 4) is 0 Å². The highest BCUT2D eigenvalue weighted by Crippen LogP contribution is 1.67. The summed E-state index contributed by atoms with van der Waals surface area (Å²) in [5.74, 6) is 0.305. The third kappa shape index (κ3) is 5.08. The molecule has 0 heterocycles. The van der Waals surface area contributed by atoms with E-state index in [-0.39, 0.29) is 0 Å². The molecule has 0 saturated heterocycles. The van der Waals surface area contributed by atoms with Crippen LogP contribution in [0.3, 0.4) is 0 Å². The predicted octanol–water partition coefficient (Wildman–Crippen LogP) is 1.24. The molecule has 0 aliphatic rings. The summed E-state index contributed by atoms with van der Waals surface area (Å²) in [5.41, 5.74) is 0. The minimum absolute atomic E-state index is 0.305. The molecule has 0 aromatic heterocycles. The highest BCUT2D eigenvalue weighted by atomic mass is 14.8. The molecule has 0 aromatic rings. The zero-order chi connectivity index (χ0) is 5.70. The molecule has 38 valence electrons. The average Bonchev–Trinajstić information content (AvgIpc) is 1.61. The van der Waals surface area contributed by atoms with Gasteiger partial charge in [0.05, 0.1) is 0 Å². The molecule has 0 radical (unpaired) electrons. The Labute approximate surface area is 43.1 Å². The number of hydrogen-bond acceptors (Lipinski definition) is 1. The van der Waals surface area contributed by atoms with Gasteiger partial charge < -0.3 is 0 Å². The zero-order valence-electron chi connectivity index (χ0n) is 4.31. The lowest BCUT2D eigenvalue weighted by atomic mass is 10.6. The molecular formula is C5H8N2. The molecule has 0 rings (SSSR count). The van der Waals surface area contributed by atoms with Gasteiger partial charge in [0, 0.05) is 6.21 Å². The first kappa shape index (κ1) is 6.08. The molecule has 1 N–H and O–H groups in total. The number of rotatable bonds is 1. The molecule has 0 aliphatic carbocycles. The summed E-state index contributed by atoms with van der Waals surface area (Å²) in [6.07, 6.45) is 3.03. The number of nitrogens with zero attached hydrogens (tertiary/aromatic N) is 1. The summed E-state index contributed by atoms with van der Waals surface area (Å²) >= 11 is 0. The van der Waals surface area contributed by atoms with E-state index in [1.54, 1.807) is 6.92 Å². The quantitative estimate of drug-likeness (QED) is 0.376. The van der Waals surface area contributed by atoms with E-state index in [4.69, 9.17) is 5.41 Å². The molecular weight excluding hydrogens is 88.1 g/mol. The highest BCUT2D eigenvalue weighted by Gasteiger charge is 1.68. The van der Waals surface area contributed by atoms with Gasteiger partial charge in [-0.15, -0.1) is 0 Å². The van der Waals surface area contributed by atoms with E-state index in [1.165, 1.54) is 12.3 Å². The van der Waals surface area contributed by atoms with Crippen LogP contribution in [0.4, 0.5) is 0 Å². The van der Waals surface area contributed by atoms with Crippen LogP contribution in [0.2, 0.25) is 0 Å². The Morgan fingerprint density at radius 1 is 1.86 bits per heavy atom. The first-order valence-electron chi connectivity index (χ1n) is 1.97. The van der Waals surface area contributed by atoms with E-state index < -0.39 is 0 Å². The van der Waals surface area contributed by atoms with Crippen LogP contribution in [0.5, 0.6) is 0 Å². The van der Waals surface area contributed by atoms with Crippen molar-refractivity contribution in [2.45, 2.75) is 6.92 Å².